The number of anilines is 1. The van der Waals surface area contributed by atoms with Crippen molar-refractivity contribution in [1.29, 1.82) is 0 Å². The quantitative estimate of drug-likeness (QED) is 0.798. The third-order valence-electron chi connectivity index (χ3n) is 1.99. The van der Waals surface area contributed by atoms with Crippen LogP contribution in [0.4, 0.5) is 5.00 Å². The summed E-state index contributed by atoms with van der Waals surface area (Å²) in [7, 11) is 1.75. The molecule has 1 rings (SSSR count). The van der Waals surface area contributed by atoms with Gasteiger partial charge in [0.05, 0.1) is 11.6 Å². The highest BCUT2D eigenvalue weighted by Crippen LogP contribution is 2.37. The maximum Gasteiger partial charge on any atom is 0.342 e. The summed E-state index contributed by atoms with van der Waals surface area (Å²) in [5.41, 5.74) is 5.89. The van der Waals surface area contributed by atoms with E-state index < -0.39 is 5.97 Å². The zero-order valence-corrected chi connectivity index (χ0v) is 10.9. The van der Waals surface area contributed by atoms with E-state index in [-0.39, 0.29) is 0 Å². The molecule has 0 bridgehead atoms. The molecule has 0 saturated carbocycles. The minimum Gasteiger partial charge on any atom is -0.462 e. The molecule has 0 spiro atoms. The normalized spacial score (nSPS) is 10.2. The fourth-order valence-electron chi connectivity index (χ4n) is 1.31. The predicted molar refractivity (Wildman–Crippen MR) is 67.6 cm³/mol. The molecular formula is C10H15ClN2O2S. The number of hydrogen-bond acceptors (Lipinski definition) is 5. The van der Waals surface area contributed by atoms with Gasteiger partial charge in [0.1, 0.15) is 10.6 Å². The van der Waals surface area contributed by atoms with Crippen LogP contribution in [0.5, 0.6) is 0 Å². The molecule has 6 heteroatoms. The smallest absolute Gasteiger partial charge is 0.342 e. The van der Waals surface area contributed by atoms with Crippen LogP contribution in [-0.4, -0.2) is 26.2 Å². The van der Waals surface area contributed by atoms with Crippen molar-refractivity contribution in [2.45, 2.75) is 13.3 Å². The summed E-state index contributed by atoms with van der Waals surface area (Å²) in [4.78, 5) is 12.6. The van der Waals surface area contributed by atoms with E-state index in [1.165, 1.54) is 11.3 Å². The van der Waals surface area contributed by atoms with Crippen LogP contribution in [0.1, 0.15) is 22.2 Å². The van der Waals surface area contributed by atoms with Crippen LogP contribution in [0.15, 0.2) is 0 Å². The number of carbonyl (C=O) groups excluding carboxylic acids is 1. The highest BCUT2D eigenvalue weighted by molar-refractivity contribution is 7.17. The first kappa shape index (κ1) is 13.3. The molecule has 1 heterocycles. The van der Waals surface area contributed by atoms with Gasteiger partial charge in [-0.15, -0.1) is 11.3 Å². The van der Waals surface area contributed by atoms with Gasteiger partial charge in [-0.05, 0) is 19.9 Å². The van der Waals surface area contributed by atoms with Gasteiger partial charge in [-0.2, -0.15) is 0 Å². The monoisotopic (exact) mass is 262 g/mol. The molecule has 0 atom stereocenters. The fourth-order valence-corrected chi connectivity index (χ4v) is 2.80. The van der Waals surface area contributed by atoms with Crippen molar-refractivity contribution in [2.75, 3.05) is 25.5 Å². The molecule has 4 nitrogen and oxygen atoms in total. The molecule has 90 valence electrons. The van der Waals surface area contributed by atoms with Crippen LogP contribution >= 0.6 is 22.9 Å². The van der Waals surface area contributed by atoms with Crippen LogP contribution in [0.25, 0.3) is 0 Å². The Hall–Kier alpha value is -0.780. The number of nitrogens with two attached hydrogens (primary N) is 1. The fraction of sp³-hybridized carbons (Fsp3) is 0.500. The molecule has 3 N–H and O–H groups in total. The molecule has 0 unspecified atom stereocenters. The van der Waals surface area contributed by atoms with Crippen LogP contribution in [0.2, 0.25) is 5.02 Å². The Morgan fingerprint density at radius 1 is 1.62 bits per heavy atom. The number of hydrogen-bond donors (Lipinski definition) is 2. The number of nitrogens with one attached hydrogen (secondary N) is 1. The second-order valence-corrected chi connectivity index (χ2v) is 4.54. The summed E-state index contributed by atoms with van der Waals surface area (Å²) in [6.45, 7) is 2.60. The molecule has 16 heavy (non-hydrogen) atoms. The first-order chi connectivity index (χ1) is 7.65. The Bertz CT molecular complexity index is 379. The molecule has 0 saturated heterocycles. The number of esters is 1. The third kappa shape index (κ3) is 2.66. The van der Waals surface area contributed by atoms with Crippen LogP contribution < -0.4 is 11.1 Å². The van der Waals surface area contributed by atoms with E-state index in [1.54, 1.807) is 14.0 Å². The molecule has 0 aliphatic rings. The van der Waals surface area contributed by atoms with Crippen molar-refractivity contribution in [3.05, 3.63) is 15.5 Å². The Morgan fingerprint density at radius 2 is 2.31 bits per heavy atom. The second kappa shape index (κ2) is 6.08. The SMILES string of the molecule is CCOC(=O)c1c(NC)sc(CCN)c1Cl. The topological polar surface area (TPSA) is 64.3 Å². The molecule has 1 aromatic rings. The van der Waals surface area contributed by atoms with E-state index in [9.17, 15) is 4.79 Å². The van der Waals surface area contributed by atoms with Gasteiger partial charge in [-0.1, -0.05) is 11.6 Å². The number of ether oxygens (including phenoxy) is 1. The molecular weight excluding hydrogens is 248 g/mol. The molecule has 0 fully saturated rings. The average Bonchev–Trinajstić information content (AvgIpc) is 2.57. The lowest BCUT2D eigenvalue weighted by Crippen LogP contribution is -2.07. The Balaban J connectivity index is 3.09. The largest absolute Gasteiger partial charge is 0.462 e. The minimum absolute atomic E-state index is 0.334. The lowest BCUT2D eigenvalue weighted by molar-refractivity contribution is 0.0528. The van der Waals surface area contributed by atoms with Crippen molar-refractivity contribution in [3.63, 3.8) is 0 Å². The molecule has 0 amide bonds. The Morgan fingerprint density at radius 3 is 2.81 bits per heavy atom. The van der Waals surface area contributed by atoms with Crippen molar-refractivity contribution < 1.29 is 9.53 Å². The van der Waals surface area contributed by atoms with E-state index in [4.69, 9.17) is 22.1 Å². The van der Waals surface area contributed by atoms with Gasteiger partial charge in [0.15, 0.2) is 0 Å². The van der Waals surface area contributed by atoms with Crippen LogP contribution in [-0.2, 0) is 11.2 Å². The van der Waals surface area contributed by atoms with Gasteiger partial charge in [-0.3, -0.25) is 0 Å². The van der Waals surface area contributed by atoms with E-state index in [2.05, 4.69) is 5.32 Å². The summed E-state index contributed by atoms with van der Waals surface area (Å²) in [5.74, 6) is -0.392. The summed E-state index contributed by atoms with van der Waals surface area (Å²) in [6.07, 6.45) is 0.664. The van der Waals surface area contributed by atoms with E-state index in [0.717, 1.165) is 9.88 Å². The molecule has 0 aromatic carbocycles. The Labute approximate surface area is 104 Å². The number of rotatable bonds is 5. The lowest BCUT2D eigenvalue weighted by Gasteiger charge is -2.03. The van der Waals surface area contributed by atoms with E-state index in [1.807, 2.05) is 0 Å². The zero-order valence-electron chi connectivity index (χ0n) is 9.30. The molecule has 0 aliphatic heterocycles. The summed E-state index contributed by atoms with van der Waals surface area (Å²) >= 11 is 7.57. The number of halogens is 1. The zero-order chi connectivity index (χ0) is 12.1. The maximum atomic E-state index is 11.7. The van der Waals surface area contributed by atoms with Crippen molar-refractivity contribution in [2.24, 2.45) is 5.73 Å². The van der Waals surface area contributed by atoms with Crippen molar-refractivity contribution >= 4 is 33.9 Å². The number of thiophene rings is 1. The minimum atomic E-state index is -0.392. The van der Waals surface area contributed by atoms with Gasteiger partial charge < -0.3 is 15.8 Å². The highest BCUT2D eigenvalue weighted by Gasteiger charge is 2.22. The first-order valence-electron chi connectivity index (χ1n) is 5.01. The first-order valence-corrected chi connectivity index (χ1v) is 6.21. The average molecular weight is 263 g/mol. The summed E-state index contributed by atoms with van der Waals surface area (Å²) in [6, 6.07) is 0. The lowest BCUT2D eigenvalue weighted by atomic mass is 10.2. The van der Waals surface area contributed by atoms with Crippen molar-refractivity contribution in [3.8, 4) is 0 Å². The van der Waals surface area contributed by atoms with Gasteiger partial charge >= 0.3 is 5.97 Å². The van der Waals surface area contributed by atoms with E-state index >= 15 is 0 Å². The van der Waals surface area contributed by atoms with Crippen LogP contribution in [0.3, 0.4) is 0 Å². The van der Waals surface area contributed by atoms with Gasteiger partial charge in [0.2, 0.25) is 0 Å². The van der Waals surface area contributed by atoms with Gasteiger partial charge in [0.25, 0.3) is 0 Å². The standard InChI is InChI=1S/C10H15ClN2O2S/c1-3-15-10(14)7-8(11)6(4-5-12)16-9(7)13-2/h13H,3-5,12H2,1-2H3. The van der Waals surface area contributed by atoms with Crippen LogP contribution in [0, 0.1) is 0 Å². The van der Waals surface area contributed by atoms with Gasteiger partial charge in [-0.25, -0.2) is 4.79 Å². The Kier molecular flexibility index (Phi) is 5.05. The molecule has 1 aromatic heterocycles. The van der Waals surface area contributed by atoms with Crippen molar-refractivity contribution in [1.82, 2.24) is 0 Å². The number of carbonyl (C=O) groups is 1. The maximum absolute atomic E-state index is 11.7. The van der Waals surface area contributed by atoms with E-state index in [0.29, 0.717) is 30.2 Å². The van der Waals surface area contributed by atoms with Gasteiger partial charge in [0, 0.05) is 11.9 Å². The highest BCUT2D eigenvalue weighted by atomic mass is 35.5. The molecule has 0 radical (unpaired) electrons. The molecule has 0 aliphatic carbocycles. The second-order valence-electron chi connectivity index (χ2n) is 3.05. The summed E-state index contributed by atoms with van der Waals surface area (Å²) in [5, 5.41) is 4.13. The third-order valence-corrected chi connectivity index (χ3v) is 3.79. The summed E-state index contributed by atoms with van der Waals surface area (Å²) < 4.78 is 4.95. The predicted octanol–water partition coefficient (Wildman–Crippen LogP) is 2.12.